The zero-order chi connectivity index (χ0) is 22.6. The van der Waals surface area contributed by atoms with Gasteiger partial charge in [-0.3, -0.25) is 9.59 Å². The van der Waals surface area contributed by atoms with Gasteiger partial charge in [-0.1, -0.05) is 18.2 Å². The summed E-state index contributed by atoms with van der Waals surface area (Å²) in [5, 5.41) is 1.23. The molecule has 2 aliphatic rings. The molecule has 0 bridgehead atoms. The highest BCUT2D eigenvalue weighted by atomic mass is 16.5. The fourth-order valence-electron chi connectivity index (χ4n) is 4.56. The van der Waals surface area contributed by atoms with E-state index in [-0.39, 0.29) is 11.8 Å². The van der Waals surface area contributed by atoms with E-state index in [0.717, 1.165) is 24.8 Å². The number of rotatable bonds is 5. The third-order valence-electron chi connectivity index (χ3n) is 6.43. The largest absolute Gasteiger partial charge is 0.490 e. The molecule has 2 amide bonds. The van der Waals surface area contributed by atoms with E-state index in [2.05, 4.69) is 17.1 Å². The van der Waals surface area contributed by atoms with Crippen LogP contribution in [0.3, 0.4) is 0 Å². The summed E-state index contributed by atoms with van der Waals surface area (Å²) in [7, 11) is 0. The van der Waals surface area contributed by atoms with Gasteiger partial charge in [0.05, 0.1) is 13.2 Å². The van der Waals surface area contributed by atoms with Crippen LogP contribution in [-0.4, -0.2) is 66.0 Å². The number of benzene rings is 2. The van der Waals surface area contributed by atoms with Gasteiger partial charge >= 0.3 is 0 Å². The van der Waals surface area contributed by atoms with Crippen molar-refractivity contribution in [1.82, 2.24) is 14.8 Å². The normalized spacial score (nSPS) is 16.0. The fraction of sp³-hybridized carbons (Fsp3) is 0.385. The third kappa shape index (κ3) is 4.67. The number of aryl methyl sites for hydroxylation is 1. The van der Waals surface area contributed by atoms with E-state index in [0.29, 0.717) is 62.9 Å². The number of piperazine rings is 1. The lowest BCUT2D eigenvalue weighted by molar-refractivity contribution is -0.132. The van der Waals surface area contributed by atoms with E-state index < -0.39 is 0 Å². The molecule has 0 radical (unpaired) electrons. The lowest BCUT2D eigenvalue weighted by atomic mass is 10.1. The van der Waals surface area contributed by atoms with Crippen LogP contribution >= 0.6 is 0 Å². The first-order chi connectivity index (χ1) is 16.2. The number of aromatic nitrogens is 1. The first kappa shape index (κ1) is 21.4. The molecule has 0 spiro atoms. The number of para-hydroxylation sites is 1. The Balaban J connectivity index is 1.11. The van der Waals surface area contributed by atoms with Gasteiger partial charge in [-0.05, 0) is 42.7 Å². The molecule has 1 aromatic heterocycles. The average Bonchev–Trinajstić information content (AvgIpc) is 3.11. The fourth-order valence-corrected chi connectivity index (χ4v) is 4.56. The molecular weight excluding hydrogens is 418 g/mol. The Kier molecular flexibility index (Phi) is 6.19. The van der Waals surface area contributed by atoms with E-state index in [9.17, 15) is 9.59 Å². The number of amides is 2. The first-order valence-electron chi connectivity index (χ1n) is 11.7. The molecule has 33 heavy (non-hydrogen) atoms. The summed E-state index contributed by atoms with van der Waals surface area (Å²) in [6.07, 6.45) is 5.08. The molecule has 1 fully saturated rings. The van der Waals surface area contributed by atoms with Crippen LogP contribution < -0.4 is 9.47 Å². The van der Waals surface area contributed by atoms with Gasteiger partial charge < -0.3 is 24.3 Å². The maximum absolute atomic E-state index is 13.0. The van der Waals surface area contributed by atoms with Gasteiger partial charge in [-0.25, -0.2) is 0 Å². The Bertz CT molecular complexity index is 1150. The van der Waals surface area contributed by atoms with Crippen LogP contribution in [0.25, 0.3) is 10.9 Å². The van der Waals surface area contributed by atoms with Gasteiger partial charge in [-0.2, -0.15) is 0 Å². The van der Waals surface area contributed by atoms with Crippen molar-refractivity contribution in [2.24, 2.45) is 0 Å². The molecule has 0 aliphatic carbocycles. The number of carbonyl (C=O) groups excluding carboxylic acids is 2. The summed E-state index contributed by atoms with van der Waals surface area (Å²) in [5.41, 5.74) is 2.98. The van der Waals surface area contributed by atoms with Crippen LogP contribution in [0, 0.1) is 0 Å². The molecule has 3 aromatic rings. The second kappa shape index (κ2) is 9.57. The molecule has 1 saturated heterocycles. The molecule has 0 atom stereocenters. The summed E-state index contributed by atoms with van der Waals surface area (Å²) in [6.45, 7) is 3.44. The number of nitrogens with zero attached hydrogens (tertiary/aromatic N) is 2. The number of H-pyrrole nitrogens is 1. The molecule has 0 unspecified atom stereocenters. The Morgan fingerprint density at radius 2 is 1.67 bits per heavy atom. The molecule has 172 valence electrons. The van der Waals surface area contributed by atoms with Crippen LogP contribution in [0.15, 0.2) is 48.7 Å². The van der Waals surface area contributed by atoms with Crippen molar-refractivity contribution in [1.29, 1.82) is 0 Å². The number of ether oxygens (including phenoxy) is 2. The second-order valence-electron chi connectivity index (χ2n) is 8.60. The summed E-state index contributed by atoms with van der Waals surface area (Å²) >= 11 is 0. The SMILES string of the molecule is O=C(CCCc1c[nH]c2ccccc12)N1CCN(C(=O)c2ccc3c(c2)OCCCO3)CC1. The van der Waals surface area contributed by atoms with Crippen molar-refractivity contribution >= 4 is 22.7 Å². The number of hydrogen-bond acceptors (Lipinski definition) is 4. The van der Waals surface area contributed by atoms with E-state index in [4.69, 9.17) is 9.47 Å². The van der Waals surface area contributed by atoms with Crippen molar-refractivity contribution in [3.05, 3.63) is 59.8 Å². The Labute approximate surface area is 193 Å². The molecule has 5 rings (SSSR count). The first-order valence-corrected chi connectivity index (χ1v) is 11.7. The van der Waals surface area contributed by atoms with Crippen LogP contribution in [0.1, 0.15) is 35.2 Å². The smallest absolute Gasteiger partial charge is 0.254 e. The van der Waals surface area contributed by atoms with E-state index in [1.54, 1.807) is 18.2 Å². The standard InChI is InChI=1S/C26H29N3O4/c30-25(8-3-5-20-18-27-22-7-2-1-6-21(20)22)28-11-13-29(14-12-28)26(31)19-9-10-23-24(17-19)33-16-4-15-32-23/h1-2,6-7,9-10,17-18,27H,3-5,8,11-16H2. The lowest BCUT2D eigenvalue weighted by Gasteiger charge is -2.35. The molecule has 1 N–H and O–H groups in total. The summed E-state index contributed by atoms with van der Waals surface area (Å²) in [4.78, 5) is 32.7. The van der Waals surface area contributed by atoms with Crippen LogP contribution in [0.2, 0.25) is 0 Å². The average molecular weight is 448 g/mol. The summed E-state index contributed by atoms with van der Waals surface area (Å²) in [6, 6.07) is 13.6. The number of aromatic amines is 1. The number of nitrogens with one attached hydrogen (secondary N) is 1. The highest BCUT2D eigenvalue weighted by molar-refractivity contribution is 5.95. The zero-order valence-corrected chi connectivity index (χ0v) is 18.7. The van der Waals surface area contributed by atoms with Gasteiger partial charge in [-0.15, -0.1) is 0 Å². The summed E-state index contributed by atoms with van der Waals surface area (Å²) in [5.74, 6) is 1.45. The highest BCUT2D eigenvalue weighted by Gasteiger charge is 2.25. The Hall–Kier alpha value is -3.48. The molecule has 2 aromatic carbocycles. The number of fused-ring (bicyclic) bond motifs is 2. The maximum atomic E-state index is 13.0. The number of hydrogen-bond donors (Lipinski definition) is 1. The van der Waals surface area contributed by atoms with Crippen molar-refractivity contribution in [3.63, 3.8) is 0 Å². The third-order valence-corrected chi connectivity index (χ3v) is 6.43. The van der Waals surface area contributed by atoms with Crippen molar-refractivity contribution < 1.29 is 19.1 Å². The monoisotopic (exact) mass is 447 g/mol. The molecule has 7 nitrogen and oxygen atoms in total. The molecule has 3 heterocycles. The topological polar surface area (TPSA) is 74.9 Å². The molecule has 0 saturated carbocycles. The Morgan fingerprint density at radius 1 is 0.909 bits per heavy atom. The van der Waals surface area contributed by atoms with Gasteiger partial charge in [0.25, 0.3) is 5.91 Å². The van der Waals surface area contributed by atoms with E-state index >= 15 is 0 Å². The molecule has 7 heteroatoms. The highest BCUT2D eigenvalue weighted by Crippen LogP contribution is 2.31. The molecule has 2 aliphatic heterocycles. The van der Waals surface area contributed by atoms with Crippen molar-refractivity contribution in [2.45, 2.75) is 25.7 Å². The van der Waals surface area contributed by atoms with Gasteiger partial charge in [0.2, 0.25) is 5.91 Å². The minimum atomic E-state index is -0.0305. The van der Waals surface area contributed by atoms with E-state index in [1.165, 1.54) is 10.9 Å². The zero-order valence-electron chi connectivity index (χ0n) is 18.7. The van der Waals surface area contributed by atoms with Gasteiger partial charge in [0.1, 0.15) is 0 Å². The van der Waals surface area contributed by atoms with Crippen molar-refractivity contribution in [2.75, 3.05) is 39.4 Å². The quantitative estimate of drug-likeness (QED) is 0.648. The van der Waals surface area contributed by atoms with Gasteiger partial charge in [0, 0.05) is 61.7 Å². The lowest BCUT2D eigenvalue weighted by Crippen LogP contribution is -2.50. The Morgan fingerprint density at radius 3 is 2.52 bits per heavy atom. The predicted octanol–water partition coefficient (Wildman–Crippen LogP) is 3.64. The van der Waals surface area contributed by atoms with E-state index in [1.807, 2.05) is 28.1 Å². The second-order valence-corrected chi connectivity index (χ2v) is 8.60. The molecular formula is C26H29N3O4. The van der Waals surface area contributed by atoms with Crippen LogP contribution in [0.5, 0.6) is 11.5 Å². The number of carbonyl (C=O) groups is 2. The summed E-state index contributed by atoms with van der Waals surface area (Å²) < 4.78 is 11.4. The van der Waals surface area contributed by atoms with Gasteiger partial charge in [0.15, 0.2) is 11.5 Å². The predicted molar refractivity (Wildman–Crippen MR) is 126 cm³/mol. The van der Waals surface area contributed by atoms with Crippen LogP contribution in [0.4, 0.5) is 0 Å². The minimum Gasteiger partial charge on any atom is -0.490 e. The maximum Gasteiger partial charge on any atom is 0.254 e. The minimum absolute atomic E-state index is 0.0305. The van der Waals surface area contributed by atoms with Crippen LogP contribution in [-0.2, 0) is 11.2 Å². The van der Waals surface area contributed by atoms with Crippen molar-refractivity contribution in [3.8, 4) is 11.5 Å².